The Kier molecular flexibility index (Phi) is 3.98. The Hall–Kier alpha value is -1.02. The van der Waals surface area contributed by atoms with E-state index >= 15 is 0 Å². The smallest absolute Gasteiger partial charge is 0.123 e. The zero-order valence-electron chi connectivity index (χ0n) is 11.1. The van der Waals surface area contributed by atoms with Gasteiger partial charge in [-0.05, 0) is 56.9 Å². The molecule has 0 saturated carbocycles. The number of nitrogens with two attached hydrogens (primary N) is 1. The first-order valence-electron chi connectivity index (χ1n) is 5.89. The summed E-state index contributed by atoms with van der Waals surface area (Å²) in [6.07, 6.45) is 0.913. The maximum Gasteiger partial charge on any atom is 0.123 e. The van der Waals surface area contributed by atoms with Gasteiger partial charge in [0.25, 0.3) is 0 Å². The number of hydrogen-bond donors (Lipinski definition) is 1. The van der Waals surface area contributed by atoms with E-state index in [1.54, 1.807) is 0 Å². The van der Waals surface area contributed by atoms with E-state index in [1.165, 1.54) is 16.7 Å². The van der Waals surface area contributed by atoms with Gasteiger partial charge < -0.3 is 10.5 Å². The van der Waals surface area contributed by atoms with Gasteiger partial charge in [-0.3, -0.25) is 0 Å². The van der Waals surface area contributed by atoms with Crippen LogP contribution < -0.4 is 10.5 Å². The van der Waals surface area contributed by atoms with Crippen molar-refractivity contribution < 1.29 is 4.74 Å². The van der Waals surface area contributed by atoms with Crippen LogP contribution in [0.3, 0.4) is 0 Å². The molecule has 1 rings (SSSR count). The molecule has 2 N–H and O–H groups in total. The maximum absolute atomic E-state index is 6.07. The van der Waals surface area contributed by atoms with E-state index in [1.807, 2.05) is 0 Å². The van der Waals surface area contributed by atoms with Crippen molar-refractivity contribution in [2.45, 2.75) is 46.6 Å². The number of aryl methyl sites for hydroxylation is 2. The van der Waals surface area contributed by atoms with Gasteiger partial charge in [0.15, 0.2) is 0 Å². The Balaban J connectivity index is 3.05. The van der Waals surface area contributed by atoms with Crippen LogP contribution in [0.2, 0.25) is 0 Å². The fourth-order valence-corrected chi connectivity index (χ4v) is 1.63. The summed E-state index contributed by atoms with van der Waals surface area (Å²) >= 11 is 0. The quantitative estimate of drug-likeness (QED) is 0.848. The number of hydrogen-bond acceptors (Lipinski definition) is 2. The zero-order valence-corrected chi connectivity index (χ0v) is 11.1. The van der Waals surface area contributed by atoms with E-state index in [2.05, 4.69) is 46.8 Å². The van der Waals surface area contributed by atoms with Crippen molar-refractivity contribution in [3.8, 4) is 5.75 Å². The predicted octanol–water partition coefficient (Wildman–Crippen LogP) is 3.12. The van der Waals surface area contributed by atoms with Gasteiger partial charge in [0.1, 0.15) is 11.4 Å². The lowest BCUT2D eigenvalue weighted by molar-refractivity contribution is 0.0925. The van der Waals surface area contributed by atoms with E-state index < -0.39 is 0 Å². The third-order valence-electron chi connectivity index (χ3n) is 3.30. The minimum atomic E-state index is -0.259. The molecule has 0 spiro atoms. The molecule has 0 aromatic heterocycles. The fourth-order valence-electron chi connectivity index (χ4n) is 1.63. The molecule has 0 aliphatic rings. The minimum absolute atomic E-state index is 0.259. The summed E-state index contributed by atoms with van der Waals surface area (Å²) in [7, 11) is 0. The standard InChI is InChI=1S/C14H23NO/c1-6-14(5,9-15)16-13-8-10(2)7-11(3)12(13)4/h7-8H,6,9,15H2,1-5H3. The zero-order chi connectivity index (χ0) is 12.3. The van der Waals surface area contributed by atoms with Crippen molar-refractivity contribution in [3.05, 3.63) is 28.8 Å². The Labute approximate surface area is 98.8 Å². The van der Waals surface area contributed by atoms with E-state index in [0.717, 1.165) is 12.2 Å². The first-order chi connectivity index (χ1) is 7.41. The van der Waals surface area contributed by atoms with Gasteiger partial charge in [-0.15, -0.1) is 0 Å². The van der Waals surface area contributed by atoms with Crippen LogP contribution in [-0.4, -0.2) is 12.1 Å². The monoisotopic (exact) mass is 221 g/mol. The van der Waals surface area contributed by atoms with Crippen LogP contribution in [-0.2, 0) is 0 Å². The second kappa shape index (κ2) is 4.88. The molecule has 2 nitrogen and oxygen atoms in total. The molecule has 0 fully saturated rings. The molecule has 0 heterocycles. The highest BCUT2D eigenvalue weighted by atomic mass is 16.5. The Bertz CT molecular complexity index is 367. The molecule has 1 aromatic rings. The fraction of sp³-hybridized carbons (Fsp3) is 0.571. The van der Waals surface area contributed by atoms with Crippen molar-refractivity contribution >= 4 is 0 Å². The van der Waals surface area contributed by atoms with Crippen LogP contribution >= 0.6 is 0 Å². The maximum atomic E-state index is 6.07. The molecule has 1 aromatic carbocycles. The first-order valence-corrected chi connectivity index (χ1v) is 5.89. The molecule has 0 aliphatic heterocycles. The average Bonchev–Trinajstić information content (AvgIpc) is 2.25. The summed E-state index contributed by atoms with van der Waals surface area (Å²) in [4.78, 5) is 0. The molecule has 1 atom stereocenters. The van der Waals surface area contributed by atoms with Crippen molar-refractivity contribution in [2.24, 2.45) is 5.73 Å². The molecule has 2 heteroatoms. The lowest BCUT2D eigenvalue weighted by Gasteiger charge is -2.29. The van der Waals surface area contributed by atoms with Crippen LogP contribution in [0.4, 0.5) is 0 Å². The average molecular weight is 221 g/mol. The Morgan fingerprint density at radius 1 is 1.25 bits per heavy atom. The van der Waals surface area contributed by atoms with Gasteiger partial charge in [-0.25, -0.2) is 0 Å². The van der Waals surface area contributed by atoms with Crippen LogP contribution in [0.15, 0.2) is 12.1 Å². The van der Waals surface area contributed by atoms with Crippen molar-refractivity contribution in [1.82, 2.24) is 0 Å². The summed E-state index contributed by atoms with van der Waals surface area (Å²) in [5, 5.41) is 0. The molecule has 0 radical (unpaired) electrons. The van der Waals surface area contributed by atoms with E-state index in [4.69, 9.17) is 10.5 Å². The number of rotatable bonds is 4. The summed E-state index contributed by atoms with van der Waals surface area (Å²) in [6, 6.07) is 4.26. The predicted molar refractivity (Wildman–Crippen MR) is 69.0 cm³/mol. The van der Waals surface area contributed by atoms with Crippen molar-refractivity contribution in [1.29, 1.82) is 0 Å². The Morgan fingerprint density at radius 2 is 1.88 bits per heavy atom. The molecule has 1 unspecified atom stereocenters. The van der Waals surface area contributed by atoms with Gasteiger partial charge in [-0.2, -0.15) is 0 Å². The van der Waals surface area contributed by atoms with Gasteiger partial charge in [0.05, 0.1) is 0 Å². The molecular weight excluding hydrogens is 198 g/mol. The normalized spacial score (nSPS) is 14.6. The number of ether oxygens (including phenoxy) is 1. The Morgan fingerprint density at radius 3 is 2.38 bits per heavy atom. The lowest BCUT2D eigenvalue weighted by atomic mass is 10.0. The number of benzene rings is 1. The molecule has 16 heavy (non-hydrogen) atoms. The summed E-state index contributed by atoms with van der Waals surface area (Å²) in [6.45, 7) is 11.0. The molecular formula is C14H23NO. The van der Waals surface area contributed by atoms with Crippen LogP contribution in [0.5, 0.6) is 5.75 Å². The largest absolute Gasteiger partial charge is 0.486 e. The highest BCUT2D eigenvalue weighted by Crippen LogP contribution is 2.27. The minimum Gasteiger partial charge on any atom is -0.486 e. The second-order valence-electron chi connectivity index (χ2n) is 4.81. The molecule has 0 amide bonds. The second-order valence-corrected chi connectivity index (χ2v) is 4.81. The van der Waals surface area contributed by atoms with Crippen LogP contribution in [0.1, 0.15) is 37.0 Å². The van der Waals surface area contributed by atoms with Crippen molar-refractivity contribution in [2.75, 3.05) is 6.54 Å². The third-order valence-corrected chi connectivity index (χ3v) is 3.30. The summed E-state index contributed by atoms with van der Waals surface area (Å²) < 4.78 is 6.07. The SMILES string of the molecule is CCC(C)(CN)Oc1cc(C)cc(C)c1C. The van der Waals surface area contributed by atoms with Gasteiger partial charge in [0.2, 0.25) is 0 Å². The summed E-state index contributed by atoms with van der Waals surface area (Å²) in [5.74, 6) is 0.965. The molecule has 0 saturated heterocycles. The van der Waals surface area contributed by atoms with Gasteiger partial charge in [0, 0.05) is 6.54 Å². The highest BCUT2D eigenvalue weighted by molar-refractivity contribution is 5.42. The van der Waals surface area contributed by atoms with Crippen LogP contribution in [0, 0.1) is 20.8 Å². The van der Waals surface area contributed by atoms with Crippen molar-refractivity contribution in [3.63, 3.8) is 0 Å². The highest BCUT2D eigenvalue weighted by Gasteiger charge is 2.23. The first kappa shape index (κ1) is 13.0. The van der Waals surface area contributed by atoms with Crippen LogP contribution in [0.25, 0.3) is 0 Å². The van der Waals surface area contributed by atoms with E-state index in [0.29, 0.717) is 6.54 Å². The molecule has 0 aliphatic carbocycles. The topological polar surface area (TPSA) is 35.2 Å². The third kappa shape index (κ3) is 2.76. The van der Waals surface area contributed by atoms with Gasteiger partial charge >= 0.3 is 0 Å². The van der Waals surface area contributed by atoms with E-state index in [9.17, 15) is 0 Å². The van der Waals surface area contributed by atoms with Gasteiger partial charge in [-0.1, -0.05) is 13.0 Å². The lowest BCUT2D eigenvalue weighted by Crippen LogP contribution is -2.40. The van der Waals surface area contributed by atoms with E-state index in [-0.39, 0.29) is 5.60 Å². The molecule has 90 valence electrons. The molecule has 0 bridgehead atoms. The summed E-state index contributed by atoms with van der Waals surface area (Å²) in [5.41, 5.74) is 9.21.